The number of hydrogen-bond acceptors (Lipinski definition) is 7. The first-order chi connectivity index (χ1) is 13.1. The summed E-state index contributed by atoms with van der Waals surface area (Å²) in [6.07, 6.45) is 2.63. The summed E-state index contributed by atoms with van der Waals surface area (Å²) in [7, 11) is 0. The lowest BCUT2D eigenvalue weighted by Crippen LogP contribution is -2.27. The van der Waals surface area contributed by atoms with Gasteiger partial charge >= 0.3 is 5.97 Å². The Morgan fingerprint density at radius 1 is 1.11 bits per heavy atom. The van der Waals surface area contributed by atoms with Crippen LogP contribution < -0.4 is 4.74 Å². The number of cyclic esters (lactones) is 1. The standard InChI is InChI=1S/C19H17NO6S.CH4/c21-19-16-9-6-14(10-12(16)11-24-19)25-17-2-1-3-18(17)26-27-15-7-4-13(5-8-15)20(22)23;/h4-10,17-18H,1-3,11H2;1H4. The summed E-state index contributed by atoms with van der Waals surface area (Å²) in [6, 6.07) is 11.6. The highest BCUT2D eigenvalue weighted by atomic mass is 32.2. The highest BCUT2D eigenvalue weighted by molar-refractivity contribution is 7.94. The molecule has 0 saturated heterocycles. The van der Waals surface area contributed by atoms with Gasteiger partial charge in [-0.1, -0.05) is 7.43 Å². The number of nitrogens with zero attached hydrogens (tertiary/aromatic N) is 1. The molecule has 1 aliphatic carbocycles. The van der Waals surface area contributed by atoms with Gasteiger partial charge in [-0.15, -0.1) is 0 Å². The summed E-state index contributed by atoms with van der Waals surface area (Å²) in [6.45, 7) is 0.284. The summed E-state index contributed by atoms with van der Waals surface area (Å²) in [5, 5.41) is 10.7. The van der Waals surface area contributed by atoms with E-state index < -0.39 is 4.92 Å². The number of nitro groups is 1. The largest absolute Gasteiger partial charge is 0.488 e. The van der Waals surface area contributed by atoms with E-state index in [0.29, 0.717) is 11.3 Å². The van der Waals surface area contributed by atoms with Crippen molar-refractivity contribution in [2.75, 3.05) is 0 Å². The molecule has 2 aromatic carbocycles. The van der Waals surface area contributed by atoms with Gasteiger partial charge in [-0.05, 0) is 49.6 Å². The van der Waals surface area contributed by atoms with Crippen molar-refractivity contribution in [3.05, 3.63) is 63.7 Å². The van der Waals surface area contributed by atoms with E-state index in [1.165, 1.54) is 24.2 Å². The lowest BCUT2D eigenvalue weighted by molar-refractivity contribution is -0.384. The van der Waals surface area contributed by atoms with Crippen molar-refractivity contribution in [1.82, 2.24) is 0 Å². The third kappa shape index (κ3) is 4.28. The monoisotopic (exact) mass is 403 g/mol. The first-order valence-corrected chi connectivity index (χ1v) is 9.39. The highest BCUT2D eigenvalue weighted by Crippen LogP contribution is 2.33. The molecule has 0 amide bonds. The molecule has 1 aliphatic heterocycles. The Balaban J connectivity index is 0.00000225. The van der Waals surface area contributed by atoms with Gasteiger partial charge in [0, 0.05) is 34.6 Å². The van der Waals surface area contributed by atoms with E-state index in [1.807, 2.05) is 6.07 Å². The molecule has 0 N–H and O–H groups in total. The van der Waals surface area contributed by atoms with E-state index in [-0.39, 0.29) is 37.9 Å². The number of esters is 1. The van der Waals surface area contributed by atoms with Gasteiger partial charge < -0.3 is 13.7 Å². The molecule has 1 fully saturated rings. The third-order valence-electron chi connectivity index (χ3n) is 4.65. The van der Waals surface area contributed by atoms with Crippen LogP contribution in [0.5, 0.6) is 5.75 Å². The summed E-state index contributed by atoms with van der Waals surface area (Å²) >= 11 is 1.21. The molecule has 2 unspecified atom stereocenters. The second kappa shape index (κ2) is 8.62. The Kier molecular flexibility index (Phi) is 6.21. The van der Waals surface area contributed by atoms with Crippen LogP contribution in [-0.2, 0) is 15.5 Å². The second-order valence-corrected chi connectivity index (χ2v) is 7.28. The maximum Gasteiger partial charge on any atom is 0.338 e. The molecular formula is C20H21NO6S. The molecule has 0 radical (unpaired) electrons. The minimum Gasteiger partial charge on any atom is -0.488 e. The number of ether oxygens (including phenoxy) is 2. The minimum absolute atomic E-state index is 0. The SMILES string of the molecule is C.O=C1OCc2cc(OC3CCCC3OSc3ccc([N+](=O)[O-])cc3)ccc21. The zero-order valence-electron chi connectivity index (χ0n) is 14.3. The maximum atomic E-state index is 11.5. The van der Waals surface area contributed by atoms with E-state index in [2.05, 4.69) is 0 Å². The molecule has 1 saturated carbocycles. The average Bonchev–Trinajstić information content (AvgIpc) is 3.27. The number of rotatable bonds is 6. The molecule has 8 heteroatoms. The van der Waals surface area contributed by atoms with E-state index >= 15 is 0 Å². The fourth-order valence-corrected chi connectivity index (χ4v) is 3.94. The Hall–Kier alpha value is -2.58. The fourth-order valence-electron chi connectivity index (χ4n) is 3.24. The molecule has 7 nitrogen and oxygen atoms in total. The minimum atomic E-state index is -0.425. The van der Waals surface area contributed by atoms with Crippen LogP contribution in [0.25, 0.3) is 0 Å². The molecule has 0 spiro atoms. The first-order valence-electron chi connectivity index (χ1n) is 8.64. The first kappa shape index (κ1) is 20.2. The molecule has 0 bridgehead atoms. The highest BCUT2D eigenvalue weighted by Gasteiger charge is 2.31. The second-order valence-electron chi connectivity index (χ2n) is 6.45. The quantitative estimate of drug-likeness (QED) is 0.293. The Morgan fingerprint density at radius 2 is 1.86 bits per heavy atom. The normalized spacial score (nSPS) is 20.2. The van der Waals surface area contributed by atoms with E-state index in [4.69, 9.17) is 13.7 Å². The van der Waals surface area contributed by atoms with Crippen LogP contribution in [0.2, 0.25) is 0 Å². The van der Waals surface area contributed by atoms with Crippen molar-refractivity contribution < 1.29 is 23.4 Å². The maximum absolute atomic E-state index is 11.5. The van der Waals surface area contributed by atoms with Gasteiger partial charge in [-0.2, -0.15) is 0 Å². The topological polar surface area (TPSA) is 87.9 Å². The van der Waals surface area contributed by atoms with Gasteiger partial charge in [0.25, 0.3) is 5.69 Å². The predicted molar refractivity (Wildman–Crippen MR) is 104 cm³/mol. The van der Waals surface area contributed by atoms with Crippen molar-refractivity contribution in [3.8, 4) is 5.75 Å². The molecule has 4 rings (SSSR count). The van der Waals surface area contributed by atoms with Gasteiger partial charge in [0.2, 0.25) is 0 Å². The summed E-state index contributed by atoms with van der Waals surface area (Å²) < 4.78 is 17.0. The van der Waals surface area contributed by atoms with Crippen LogP contribution in [-0.4, -0.2) is 23.1 Å². The Morgan fingerprint density at radius 3 is 2.61 bits per heavy atom. The average molecular weight is 403 g/mol. The number of fused-ring (bicyclic) bond motifs is 1. The third-order valence-corrected chi connectivity index (χ3v) is 5.46. The smallest absolute Gasteiger partial charge is 0.338 e. The molecule has 1 heterocycles. The molecule has 2 aliphatic rings. The van der Waals surface area contributed by atoms with Gasteiger partial charge in [0.1, 0.15) is 24.6 Å². The van der Waals surface area contributed by atoms with Crippen LogP contribution in [0.15, 0.2) is 47.4 Å². The fraction of sp³-hybridized carbons (Fsp3) is 0.350. The molecule has 28 heavy (non-hydrogen) atoms. The van der Waals surface area contributed by atoms with Gasteiger partial charge in [0.05, 0.1) is 10.5 Å². The predicted octanol–water partition coefficient (Wildman–Crippen LogP) is 4.93. The summed E-state index contributed by atoms with van der Waals surface area (Å²) in [5.74, 6) is 0.408. The van der Waals surface area contributed by atoms with Crippen LogP contribution in [0.3, 0.4) is 0 Å². The van der Waals surface area contributed by atoms with Crippen molar-refractivity contribution in [3.63, 3.8) is 0 Å². The molecular weight excluding hydrogens is 382 g/mol. The van der Waals surface area contributed by atoms with Crippen LogP contribution >= 0.6 is 12.0 Å². The van der Waals surface area contributed by atoms with Crippen molar-refractivity contribution in [1.29, 1.82) is 0 Å². The number of carbonyl (C=O) groups excluding carboxylic acids is 1. The van der Waals surface area contributed by atoms with Gasteiger partial charge in [0.15, 0.2) is 0 Å². The zero-order chi connectivity index (χ0) is 18.8. The molecule has 148 valence electrons. The Bertz CT molecular complexity index is 869. The number of non-ortho nitro benzene ring substituents is 1. The molecule has 0 aromatic heterocycles. The van der Waals surface area contributed by atoms with E-state index in [9.17, 15) is 14.9 Å². The van der Waals surface area contributed by atoms with Crippen molar-refractivity contribution >= 4 is 23.7 Å². The van der Waals surface area contributed by atoms with Gasteiger partial charge in [-0.25, -0.2) is 4.79 Å². The van der Waals surface area contributed by atoms with Crippen molar-refractivity contribution in [2.45, 2.75) is 50.4 Å². The number of nitro benzene ring substituents is 1. The lowest BCUT2D eigenvalue weighted by Gasteiger charge is -2.21. The van der Waals surface area contributed by atoms with Crippen LogP contribution in [0, 0.1) is 10.1 Å². The van der Waals surface area contributed by atoms with E-state index in [1.54, 1.807) is 24.3 Å². The van der Waals surface area contributed by atoms with E-state index in [0.717, 1.165) is 29.7 Å². The lowest BCUT2D eigenvalue weighted by atomic mass is 10.1. The number of carbonyl (C=O) groups is 1. The molecule has 2 atom stereocenters. The number of hydrogen-bond donors (Lipinski definition) is 0. The van der Waals surface area contributed by atoms with Crippen molar-refractivity contribution in [2.24, 2.45) is 0 Å². The number of benzene rings is 2. The summed E-state index contributed by atoms with van der Waals surface area (Å²) in [5.41, 5.74) is 1.49. The van der Waals surface area contributed by atoms with Gasteiger partial charge in [-0.3, -0.25) is 10.1 Å². The molecule has 2 aromatic rings. The Labute approximate surface area is 167 Å². The summed E-state index contributed by atoms with van der Waals surface area (Å²) in [4.78, 5) is 22.6. The van der Waals surface area contributed by atoms with Crippen LogP contribution in [0.4, 0.5) is 5.69 Å². The van der Waals surface area contributed by atoms with Crippen LogP contribution in [0.1, 0.15) is 42.6 Å². The zero-order valence-corrected chi connectivity index (χ0v) is 15.1.